The second-order valence-corrected chi connectivity index (χ2v) is 20.0. The number of aliphatic imine (C=N–C) groups is 1. The first-order chi connectivity index (χ1) is 30.8. The lowest BCUT2D eigenvalue weighted by Gasteiger charge is -2.55. The van der Waals surface area contributed by atoms with Gasteiger partial charge in [0.15, 0.2) is 0 Å². The highest BCUT2D eigenvalue weighted by molar-refractivity contribution is 6.17. The first kappa shape index (κ1) is 45.0. The number of ether oxygens (including phenoxy) is 1. The molecule has 9 nitrogen and oxygen atoms in total. The quantitative estimate of drug-likeness (QED) is 0.166. The third kappa shape index (κ3) is 10.2. The van der Waals surface area contributed by atoms with Gasteiger partial charge < -0.3 is 35.0 Å². The zero-order valence-corrected chi connectivity index (χ0v) is 39.6. The minimum absolute atomic E-state index is 0.0436. The van der Waals surface area contributed by atoms with Crippen molar-refractivity contribution in [2.24, 2.45) is 16.3 Å². The van der Waals surface area contributed by atoms with Crippen molar-refractivity contribution in [2.45, 2.75) is 91.5 Å². The molecule has 9 heteroatoms. The molecule has 0 bridgehead atoms. The Morgan fingerprint density at radius 3 is 2.28 bits per heavy atom. The van der Waals surface area contributed by atoms with E-state index in [1.165, 1.54) is 75.3 Å². The van der Waals surface area contributed by atoms with Gasteiger partial charge in [-0.25, -0.2) is 9.98 Å². The monoisotopic (exact) mass is 861 g/mol. The highest BCUT2D eigenvalue weighted by Crippen LogP contribution is 2.43. The minimum Gasteiger partial charge on any atom is -0.474 e. The molecule has 0 amide bonds. The Hall–Kier alpha value is -5.54. The second kappa shape index (κ2) is 19.3. The lowest BCUT2D eigenvalue weighted by Crippen LogP contribution is -2.61. The van der Waals surface area contributed by atoms with E-state index in [4.69, 9.17) is 14.7 Å². The predicted octanol–water partition coefficient (Wildman–Crippen LogP) is 11.3. The van der Waals surface area contributed by atoms with Gasteiger partial charge in [0, 0.05) is 85.9 Å². The summed E-state index contributed by atoms with van der Waals surface area (Å²) in [5, 5.41) is 6.58. The van der Waals surface area contributed by atoms with Gasteiger partial charge in [-0.1, -0.05) is 57.0 Å². The Labute approximate surface area is 384 Å². The van der Waals surface area contributed by atoms with E-state index < -0.39 is 0 Å². The Morgan fingerprint density at radius 2 is 1.62 bits per heavy atom. The third-order valence-corrected chi connectivity index (χ3v) is 14.4. The lowest BCUT2D eigenvalue weighted by atomic mass is 9.71. The number of rotatable bonds is 14. The maximum Gasteiger partial charge on any atom is 0.237 e. The van der Waals surface area contributed by atoms with Crippen molar-refractivity contribution in [3.05, 3.63) is 139 Å². The Bertz CT molecular complexity index is 2290. The van der Waals surface area contributed by atoms with E-state index in [1.54, 1.807) is 6.20 Å². The van der Waals surface area contributed by atoms with Crippen LogP contribution in [0, 0.1) is 18.3 Å². The first-order valence-electron chi connectivity index (χ1n) is 23.8. The molecule has 8 rings (SSSR count). The molecule has 1 atom stereocenters. The largest absolute Gasteiger partial charge is 0.474 e. The normalized spacial score (nSPS) is 20.7. The maximum atomic E-state index is 5.99. The molecule has 2 aromatic carbocycles. The van der Waals surface area contributed by atoms with Gasteiger partial charge in [-0.3, -0.25) is 0 Å². The van der Waals surface area contributed by atoms with Gasteiger partial charge in [0.25, 0.3) is 0 Å². The first-order valence-corrected chi connectivity index (χ1v) is 23.8. The topological polar surface area (TPSA) is 71.5 Å². The zero-order chi connectivity index (χ0) is 45.0. The number of allylic oxidation sites excluding steroid dienone is 7. The molecule has 4 aliphatic heterocycles. The number of nitrogens with one attached hydrogen (secondary N) is 2. The number of anilines is 4. The number of pyridine rings is 1. The molecule has 64 heavy (non-hydrogen) atoms. The van der Waals surface area contributed by atoms with Crippen LogP contribution in [0.4, 0.5) is 22.7 Å². The molecule has 1 spiro atoms. The molecule has 1 aromatic heterocycles. The molecule has 5 aliphatic rings. The van der Waals surface area contributed by atoms with Crippen LogP contribution < -0.4 is 30.1 Å². The van der Waals surface area contributed by atoms with Crippen LogP contribution in [0.25, 0.3) is 5.57 Å². The van der Waals surface area contributed by atoms with E-state index in [9.17, 15) is 0 Å². The number of likely N-dealkylation sites (tertiary alicyclic amines) is 1. The number of aromatic nitrogens is 1. The SMILES string of the molecule is C=CNC(=C)CCC(C)c1ccc(N2CCC3(CC2)CN(CC2CCN(c4ccc(NC(=C)/N=C5/C=C(c6cnc7c(c6C)N(C(C)(C)C)CCO7)C=C/C5=C/C)cc4)CC2)C3)cc1. The molecule has 338 valence electrons. The summed E-state index contributed by atoms with van der Waals surface area (Å²) in [7, 11) is 0. The van der Waals surface area contributed by atoms with Crippen molar-refractivity contribution >= 4 is 34.0 Å². The number of hydrogen-bond acceptors (Lipinski definition) is 9. The van der Waals surface area contributed by atoms with E-state index in [1.807, 2.05) is 13.1 Å². The van der Waals surface area contributed by atoms with Gasteiger partial charge in [-0.05, 0) is 161 Å². The van der Waals surface area contributed by atoms with Crippen molar-refractivity contribution in [1.82, 2.24) is 15.2 Å². The number of nitrogens with zero attached hydrogens (tertiary/aromatic N) is 6. The summed E-state index contributed by atoms with van der Waals surface area (Å²) in [6, 6.07) is 18.1. The van der Waals surface area contributed by atoms with Crippen molar-refractivity contribution in [3.8, 4) is 5.88 Å². The van der Waals surface area contributed by atoms with Gasteiger partial charge in [0.1, 0.15) is 18.1 Å². The van der Waals surface area contributed by atoms with E-state index in [0.29, 0.717) is 29.6 Å². The average Bonchev–Trinajstić information content (AvgIpc) is 3.28. The highest BCUT2D eigenvalue weighted by Gasteiger charge is 2.45. The standard InChI is InChI=1S/C55H72N8O/c1-10-44-14-15-46(50-35-57-53-52(41(50)5)63(32-33-64-53)54(7,8)9)34-51(44)59-42(6)58-47-18-22-49(23-19-47)61-28-24-43(25-29-61)36-60-37-55(38-60)26-30-62(31-27-55)48-20-16-45(17-21-48)39(3)12-13-40(4)56-11-2/h10-11,14-23,34-35,39,43,56,58H,2,4,6,12-13,24-33,36-38H2,1,3,5,7-9H3/b44-10-,59-51-. The number of hydrogen-bond donors (Lipinski definition) is 2. The van der Waals surface area contributed by atoms with Crippen LogP contribution in [0.5, 0.6) is 5.88 Å². The van der Waals surface area contributed by atoms with Crippen LogP contribution >= 0.6 is 0 Å². The Kier molecular flexibility index (Phi) is 13.6. The van der Waals surface area contributed by atoms with Crippen LogP contribution in [-0.4, -0.2) is 80.1 Å². The second-order valence-electron chi connectivity index (χ2n) is 20.0. The van der Waals surface area contributed by atoms with Crippen LogP contribution in [0.2, 0.25) is 0 Å². The Morgan fingerprint density at radius 1 is 0.953 bits per heavy atom. The van der Waals surface area contributed by atoms with E-state index in [-0.39, 0.29) is 5.54 Å². The van der Waals surface area contributed by atoms with Crippen molar-refractivity contribution in [3.63, 3.8) is 0 Å². The number of fused-ring (bicyclic) bond motifs is 1. The smallest absolute Gasteiger partial charge is 0.237 e. The van der Waals surface area contributed by atoms with Crippen molar-refractivity contribution < 1.29 is 4.74 Å². The predicted molar refractivity (Wildman–Crippen MR) is 271 cm³/mol. The lowest BCUT2D eigenvalue weighted by molar-refractivity contribution is -0.0292. The zero-order valence-electron chi connectivity index (χ0n) is 39.6. The van der Waals surface area contributed by atoms with Crippen LogP contribution in [0.1, 0.15) is 95.8 Å². The molecule has 0 saturated carbocycles. The molecule has 3 saturated heterocycles. The molecule has 2 N–H and O–H groups in total. The van der Waals surface area contributed by atoms with Gasteiger partial charge in [0.05, 0.1) is 12.3 Å². The summed E-state index contributed by atoms with van der Waals surface area (Å²) >= 11 is 0. The van der Waals surface area contributed by atoms with E-state index in [2.05, 4.69) is 157 Å². The van der Waals surface area contributed by atoms with Gasteiger partial charge in [-0.2, -0.15) is 0 Å². The minimum atomic E-state index is -0.0436. The molecule has 1 unspecified atom stereocenters. The molecule has 3 aromatic rings. The number of benzene rings is 2. The summed E-state index contributed by atoms with van der Waals surface area (Å²) in [6.45, 7) is 35.2. The average molecular weight is 861 g/mol. The van der Waals surface area contributed by atoms with Crippen LogP contribution in [0.3, 0.4) is 0 Å². The summed E-state index contributed by atoms with van der Waals surface area (Å²) in [6.07, 6.45) is 19.3. The van der Waals surface area contributed by atoms with E-state index >= 15 is 0 Å². The van der Waals surface area contributed by atoms with Crippen LogP contribution in [0.15, 0.2) is 127 Å². The van der Waals surface area contributed by atoms with Crippen LogP contribution in [-0.2, 0) is 0 Å². The molecular formula is C55H72N8O. The van der Waals surface area contributed by atoms with Gasteiger partial charge in [0.2, 0.25) is 5.88 Å². The van der Waals surface area contributed by atoms with E-state index in [0.717, 1.165) is 83.5 Å². The summed E-state index contributed by atoms with van der Waals surface area (Å²) in [4.78, 5) is 20.1. The molecule has 1 aliphatic carbocycles. The van der Waals surface area contributed by atoms with Gasteiger partial charge in [-0.15, -0.1) is 0 Å². The van der Waals surface area contributed by atoms with Crippen molar-refractivity contribution in [1.29, 1.82) is 0 Å². The molecule has 5 heterocycles. The third-order valence-electron chi connectivity index (χ3n) is 14.4. The van der Waals surface area contributed by atoms with Crippen molar-refractivity contribution in [2.75, 3.05) is 79.0 Å². The summed E-state index contributed by atoms with van der Waals surface area (Å²) in [5.74, 6) is 2.60. The molecular weight excluding hydrogens is 789 g/mol. The molecule has 0 radical (unpaired) electrons. The fraction of sp³-hybridized carbons (Fsp3) is 0.455. The summed E-state index contributed by atoms with van der Waals surface area (Å²) in [5.41, 5.74) is 12.9. The fourth-order valence-electron chi connectivity index (χ4n) is 10.6. The highest BCUT2D eigenvalue weighted by atomic mass is 16.5. The fourth-order valence-corrected chi connectivity index (χ4v) is 10.6. The Balaban J connectivity index is 0.782. The number of piperidine rings is 2. The molecule has 3 fully saturated rings. The maximum absolute atomic E-state index is 5.99. The van der Waals surface area contributed by atoms with Gasteiger partial charge >= 0.3 is 0 Å². The summed E-state index contributed by atoms with van der Waals surface area (Å²) < 4.78 is 5.99.